The minimum absolute atomic E-state index is 0.468. The van der Waals surface area contributed by atoms with E-state index in [1.807, 2.05) is 30.0 Å². The van der Waals surface area contributed by atoms with Crippen LogP contribution in [0.3, 0.4) is 0 Å². The van der Waals surface area contributed by atoms with Crippen molar-refractivity contribution in [1.82, 2.24) is 4.98 Å². The summed E-state index contributed by atoms with van der Waals surface area (Å²) in [5.41, 5.74) is 10.7. The third-order valence-corrected chi connectivity index (χ3v) is 4.34. The molecule has 2 aromatic rings. The molecule has 1 unspecified atom stereocenters. The maximum absolute atomic E-state index is 6.25. The number of nitrogens with two attached hydrogens (primary N) is 1. The maximum atomic E-state index is 6.25. The van der Waals surface area contributed by atoms with Crippen molar-refractivity contribution in [2.75, 3.05) is 11.5 Å². The minimum atomic E-state index is 0.468. The highest BCUT2D eigenvalue weighted by atomic mass is 32.2. The van der Waals surface area contributed by atoms with Gasteiger partial charge in [0, 0.05) is 16.3 Å². The third-order valence-electron chi connectivity index (χ3n) is 3.17. The SMILES string of the molecule is CC1SCCc2c1nc1ccccc1c2N. The molecule has 0 bridgehead atoms. The van der Waals surface area contributed by atoms with E-state index in [0.29, 0.717) is 5.25 Å². The van der Waals surface area contributed by atoms with Gasteiger partial charge in [0.2, 0.25) is 0 Å². The quantitative estimate of drug-likeness (QED) is 0.755. The number of aromatic nitrogens is 1. The van der Waals surface area contributed by atoms with Crippen molar-refractivity contribution in [1.29, 1.82) is 0 Å². The van der Waals surface area contributed by atoms with Crippen molar-refractivity contribution in [3.05, 3.63) is 35.5 Å². The zero-order chi connectivity index (χ0) is 11.1. The molecule has 0 fully saturated rings. The monoisotopic (exact) mass is 230 g/mol. The van der Waals surface area contributed by atoms with E-state index in [9.17, 15) is 0 Å². The van der Waals surface area contributed by atoms with Crippen LogP contribution in [0.2, 0.25) is 0 Å². The molecule has 2 nitrogen and oxygen atoms in total. The molecule has 1 aliphatic rings. The molecule has 3 heteroatoms. The number of nitrogen functional groups attached to an aromatic ring is 1. The predicted molar refractivity (Wildman–Crippen MR) is 70.7 cm³/mol. The van der Waals surface area contributed by atoms with Gasteiger partial charge in [-0.2, -0.15) is 11.8 Å². The number of para-hydroxylation sites is 1. The van der Waals surface area contributed by atoms with E-state index in [-0.39, 0.29) is 0 Å². The standard InChI is InChI=1S/C13H14N2S/c1-8-13-10(6-7-16-8)12(14)9-4-2-3-5-11(9)15-13/h2-5,8H,6-7H2,1H3,(H2,14,15). The lowest BCUT2D eigenvalue weighted by Gasteiger charge is -2.23. The van der Waals surface area contributed by atoms with Gasteiger partial charge in [-0.05, 0) is 30.7 Å². The van der Waals surface area contributed by atoms with Crippen LogP contribution in [-0.2, 0) is 6.42 Å². The minimum Gasteiger partial charge on any atom is -0.398 e. The topological polar surface area (TPSA) is 38.9 Å². The van der Waals surface area contributed by atoms with Gasteiger partial charge < -0.3 is 5.73 Å². The average Bonchev–Trinajstić information content (AvgIpc) is 2.31. The number of rotatable bonds is 0. The second kappa shape index (κ2) is 3.67. The Morgan fingerprint density at radius 3 is 3.06 bits per heavy atom. The number of thioether (sulfide) groups is 1. The van der Waals surface area contributed by atoms with Gasteiger partial charge in [0.25, 0.3) is 0 Å². The third kappa shape index (κ3) is 1.39. The summed E-state index contributed by atoms with van der Waals surface area (Å²) in [5.74, 6) is 1.15. The number of anilines is 1. The van der Waals surface area contributed by atoms with E-state index < -0.39 is 0 Å². The van der Waals surface area contributed by atoms with Gasteiger partial charge in [-0.15, -0.1) is 0 Å². The van der Waals surface area contributed by atoms with E-state index in [1.165, 1.54) is 11.3 Å². The van der Waals surface area contributed by atoms with Crippen LogP contribution in [0.5, 0.6) is 0 Å². The van der Waals surface area contributed by atoms with Crippen LogP contribution in [0.15, 0.2) is 24.3 Å². The van der Waals surface area contributed by atoms with Gasteiger partial charge in [0.05, 0.1) is 11.2 Å². The first-order valence-corrected chi connectivity index (χ1v) is 6.61. The highest BCUT2D eigenvalue weighted by Crippen LogP contribution is 2.39. The molecule has 2 heterocycles. The Morgan fingerprint density at radius 1 is 1.38 bits per heavy atom. The predicted octanol–water partition coefficient (Wildman–Crippen LogP) is 3.17. The summed E-state index contributed by atoms with van der Waals surface area (Å²) < 4.78 is 0. The summed E-state index contributed by atoms with van der Waals surface area (Å²) in [7, 11) is 0. The highest BCUT2D eigenvalue weighted by molar-refractivity contribution is 7.99. The van der Waals surface area contributed by atoms with Crippen molar-refractivity contribution in [2.24, 2.45) is 0 Å². The first kappa shape index (κ1) is 9.97. The van der Waals surface area contributed by atoms with Crippen LogP contribution < -0.4 is 5.73 Å². The fourth-order valence-electron chi connectivity index (χ4n) is 2.31. The molecule has 0 spiro atoms. The number of benzene rings is 1. The molecular weight excluding hydrogens is 216 g/mol. The number of pyridine rings is 1. The number of fused-ring (bicyclic) bond motifs is 2. The Morgan fingerprint density at radius 2 is 2.19 bits per heavy atom. The molecule has 1 aromatic heterocycles. The molecule has 1 atom stereocenters. The Balaban J connectivity index is 2.36. The van der Waals surface area contributed by atoms with Crippen LogP contribution in [0, 0.1) is 0 Å². The summed E-state index contributed by atoms with van der Waals surface area (Å²) in [6.07, 6.45) is 1.05. The summed E-state index contributed by atoms with van der Waals surface area (Å²) in [6.45, 7) is 2.21. The molecule has 0 amide bonds. The van der Waals surface area contributed by atoms with Gasteiger partial charge in [0.15, 0.2) is 0 Å². The van der Waals surface area contributed by atoms with Gasteiger partial charge in [-0.1, -0.05) is 18.2 Å². The normalized spacial score (nSPS) is 19.7. The average molecular weight is 230 g/mol. The molecule has 82 valence electrons. The molecule has 0 aliphatic carbocycles. The molecule has 2 N–H and O–H groups in total. The lowest BCUT2D eigenvalue weighted by molar-refractivity contribution is 0.937. The van der Waals surface area contributed by atoms with E-state index >= 15 is 0 Å². The van der Waals surface area contributed by atoms with E-state index in [4.69, 9.17) is 10.7 Å². The van der Waals surface area contributed by atoms with Crippen LogP contribution >= 0.6 is 11.8 Å². The number of nitrogens with zero attached hydrogens (tertiary/aromatic N) is 1. The second-order valence-electron chi connectivity index (χ2n) is 4.17. The van der Waals surface area contributed by atoms with Gasteiger partial charge >= 0.3 is 0 Å². The summed E-state index contributed by atoms with van der Waals surface area (Å²) in [4.78, 5) is 4.76. The van der Waals surface area contributed by atoms with E-state index in [0.717, 1.165) is 28.8 Å². The molecule has 0 saturated heterocycles. The Kier molecular flexibility index (Phi) is 2.28. The maximum Gasteiger partial charge on any atom is 0.0726 e. The smallest absolute Gasteiger partial charge is 0.0726 e. The fraction of sp³-hybridized carbons (Fsp3) is 0.308. The van der Waals surface area contributed by atoms with Crippen LogP contribution in [-0.4, -0.2) is 10.7 Å². The van der Waals surface area contributed by atoms with Gasteiger partial charge in [-0.25, -0.2) is 0 Å². The Labute approximate surface area is 99.2 Å². The number of hydrogen-bond donors (Lipinski definition) is 1. The zero-order valence-electron chi connectivity index (χ0n) is 9.23. The molecule has 0 saturated carbocycles. The van der Waals surface area contributed by atoms with Crippen molar-refractivity contribution >= 4 is 28.4 Å². The summed E-state index contributed by atoms with van der Waals surface area (Å²) in [6, 6.07) is 8.14. The molecule has 3 rings (SSSR count). The largest absolute Gasteiger partial charge is 0.398 e. The van der Waals surface area contributed by atoms with Crippen LogP contribution in [0.25, 0.3) is 10.9 Å². The highest BCUT2D eigenvalue weighted by Gasteiger charge is 2.21. The van der Waals surface area contributed by atoms with Gasteiger partial charge in [-0.3, -0.25) is 4.98 Å². The molecule has 16 heavy (non-hydrogen) atoms. The van der Waals surface area contributed by atoms with Crippen LogP contribution in [0.1, 0.15) is 23.4 Å². The van der Waals surface area contributed by atoms with E-state index in [1.54, 1.807) is 0 Å². The zero-order valence-corrected chi connectivity index (χ0v) is 10.1. The van der Waals surface area contributed by atoms with Crippen molar-refractivity contribution in [3.8, 4) is 0 Å². The number of hydrogen-bond acceptors (Lipinski definition) is 3. The lowest BCUT2D eigenvalue weighted by atomic mass is 10.0. The Hall–Kier alpha value is -1.22. The first-order chi connectivity index (χ1) is 7.77. The summed E-state index contributed by atoms with van der Waals surface area (Å²) in [5, 5.41) is 1.57. The van der Waals surface area contributed by atoms with Crippen molar-refractivity contribution < 1.29 is 0 Å². The lowest BCUT2D eigenvalue weighted by Crippen LogP contribution is -2.11. The Bertz CT molecular complexity index is 551. The van der Waals surface area contributed by atoms with Crippen molar-refractivity contribution in [2.45, 2.75) is 18.6 Å². The second-order valence-corrected chi connectivity index (χ2v) is 5.62. The van der Waals surface area contributed by atoms with Gasteiger partial charge in [0.1, 0.15) is 0 Å². The molecular formula is C13H14N2S. The molecule has 0 radical (unpaired) electrons. The molecule has 1 aliphatic heterocycles. The summed E-state index contributed by atoms with van der Waals surface area (Å²) >= 11 is 1.96. The van der Waals surface area contributed by atoms with E-state index in [2.05, 4.69) is 13.0 Å². The fourth-order valence-corrected chi connectivity index (χ4v) is 3.34. The van der Waals surface area contributed by atoms with Crippen molar-refractivity contribution in [3.63, 3.8) is 0 Å². The molecule has 1 aromatic carbocycles. The first-order valence-electron chi connectivity index (χ1n) is 5.56. The van der Waals surface area contributed by atoms with Crippen LogP contribution in [0.4, 0.5) is 5.69 Å².